The van der Waals surface area contributed by atoms with Gasteiger partial charge in [0.1, 0.15) is 11.4 Å². The van der Waals surface area contributed by atoms with E-state index in [1.807, 2.05) is 44.2 Å². The van der Waals surface area contributed by atoms with E-state index in [0.29, 0.717) is 22.8 Å². The molecule has 0 aromatic heterocycles. The number of azo groups is 2. The van der Waals surface area contributed by atoms with Crippen LogP contribution in [0.5, 0.6) is 5.75 Å². The molecule has 146 valence electrons. The number of nitro benzene ring substituents is 1. The van der Waals surface area contributed by atoms with Crippen LogP contribution in [0, 0.1) is 24.0 Å². The van der Waals surface area contributed by atoms with Crippen molar-refractivity contribution in [2.24, 2.45) is 20.5 Å². The van der Waals surface area contributed by atoms with Crippen molar-refractivity contribution < 1.29 is 9.66 Å². The third kappa shape index (κ3) is 5.07. The molecular weight excluding hydrogens is 370 g/mol. The number of hydrogen-bond donors (Lipinski definition) is 0. The summed E-state index contributed by atoms with van der Waals surface area (Å²) in [6, 6.07) is 17.1. The number of ether oxygens (including phenoxy) is 1. The lowest BCUT2D eigenvalue weighted by atomic mass is 10.1. The average Bonchev–Trinajstić information content (AvgIpc) is 2.73. The van der Waals surface area contributed by atoms with Gasteiger partial charge in [-0.05, 0) is 49.7 Å². The molecule has 0 saturated carbocycles. The van der Waals surface area contributed by atoms with Crippen LogP contribution in [0.3, 0.4) is 0 Å². The van der Waals surface area contributed by atoms with Gasteiger partial charge in [-0.15, -0.1) is 5.11 Å². The number of rotatable bonds is 6. The van der Waals surface area contributed by atoms with Gasteiger partial charge in [-0.25, -0.2) is 0 Å². The molecule has 0 aliphatic carbocycles. The Morgan fingerprint density at radius 1 is 0.793 bits per heavy atom. The monoisotopic (exact) mass is 389 g/mol. The lowest BCUT2D eigenvalue weighted by molar-refractivity contribution is -0.384. The highest BCUT2D eigenvalue weighted by Gasteiger charge is 2.08. The van der Waals surface area contributed by atoms with Crippen molar-refractivity contribution in [2.75, 3.05) is 7.11 Å². The summed E-state index contributed by atoms with van der Waals surface area (Å²) in [5, 5.41) is 27.6. The number of nitro groups is 1. The number of nitrogens with zero attached hydrogens (tertiary/aromatic N) is 5. The molecule has 0 spiro atoms. The minimum absolute atomic E-state index is 0.00471. The van der Waals surface area contributed by atoms with Crippen molar-refractivity contribution in [2.45, 2.75) is 13.8 Å². The quantitative estimate of drug-likeness (QED) is 0.256. The summed E-state index contributed by atoms with van der Waals surface area (Å²) in [5.41, 5.74) is 4.45. The average molecular weight is 389 g/mol. The third-order valence-electron chi connectivity index (χ3n) is 4.14. The Labute approximate surface area is 167 Å². The molecule has 29 heavy (non-hydrogen) atoms. The lowest BCUT2D eigenvalue weighted by Crippen LogP contribution is -1.86. The van der Waals surface area contributed by atoms with E-state index in [4.69, 9.17) is 4.74 Å². The van der Waals surface area contributed by atoms with Crippen molar-refractivity contribution in [3.63, 3.8) is 0 Å². The Kier molecular flexibility index (Phi) is 6.03. The molecule has 3 aromatic rings. The summed E-state index contributed by atoms with van der Waals surface area (Å²) in [4.78, 5) is 10.3. The van der Waals surface area contributed by atoms with Crippen molar-refractivity contribution in [1.29, 1.82) is 0 Å². The van der Waals surface area contributed by atoms with Crippen LogP contribution in [-0.2, 0) is 0 Å². The first-order chi connectivity index (χ1) is 14.0. The van der Waals surface area contributed by atoms with E-state index in [2.05, 4.69) is 20.5 Å². The Morgan fingerprint density at radius 3 is 1.90 bits per heavy atom. The summed E-state index contributed by atoms with van der Waals surface area (Å²) < 4.78 is 5.41. The molecule has 8 heteroatoms. The zero-order valence-electron chi connectivity index (χ0n) is 16.2. The maximum absolute atomic E-state index is 10.7. The SMILES string of the molecule is COc1cc(/N=N/c2ccc([N+](=O)[O-])cc2)c(C)cc1/N=N/c1ccc(C)cc1. The molecule has 0 atom stereocenters. The molecule has 3 rings (SSSR count). The fraction of sp³-hybridized carbons (Fsp3) is 0.143. The van der Waals surface area contributed by atoms with Crippen LogP contribution in [0.1, 0.15) is 11.1 Å². The van der Waals surface area contributed by atoms with E-state index in [0.717, 1.165) is 16.8 Å². The van der Waals surface area contributed by atoms with Crippen molar-refractivity contribution in [1.82, 2.24) is 0 Å². The number of aryl methyl sites for hydroxylation is 2. The topological polar surface area (TPSA) is 102 Å². The molecule has 0 amide bonds. The minimum atomic E-state index is -0.459. The molecule has 0 fully saturated rings. The zero-order valence-corrected chi connectivity index (χ0v) is 16.2. The van der Waals surface area contributed by atoms with Crippen molar-refractivity contribution in [3.05, 3.63) is 81.9 Å². The van der Waals surface area contributed by atoms with Gasteiger partial charge in [0.15, 0.2) is 0 Å². The Balaban J connectivity index is 1.83. The van der Waals surface area contributed by atoms with Crippen LogP contribution in [0.25, 0.3) is 0 Å². The van der Waals surface area contributed by atoms with Gasteiger partial charge in [0.25, 0.3) is 5.69 Å². The van der Waals surface area contributed by atoms with Crippen LogP contribution >= 0.6 is 0 Å². The highest BCUT2D eigenvalue weighted by molar-refractivity contribution is 5.63. The van der Waals surface area contributed by atoms with E-state index < -0.39 is 4.92 Å². The van der Waals surface area contributed by atoms with Gasteiger partial charge in [-0.2, -0.15) is 15.3 Å². The van der Waals surface area contributed by atoms with Gasteiger partial charge < -0.3 is 4.74 Å². The zero-order chi connectivity index (χ0) is 20.8. The van der Waals surface area contributed by atoms with Gasteiger partial charge in [0, 0.05) is 18.2 Å². The molecule has 0 N–H and O–H groups in total. The highest BCUT2D eigenvalue weighted by atomic mass is 16.6. The molecule has 3 aromatic carbocycles. The van der Waals surface area contributed by atoms with Crippen LogP contribution in [0.2, 0.25) is 0 Å². The standard InChI is InChI=1S/C21H19N5O3/c1-14-4-6-16(7-5-14)23-25-20-12-15(2)19(13-21(20)29-3)24-22-17-8-10-18(11-9-17)26(27)28/h4-13H,1-3H3/b24-22+,25-23+. The molecule has 0 unspecified atom stereocenters. The van der Waals surface area contributed by atoms with E-state index >= 15 is 0 Å². The molecule has 0 saturated heterocycles. The largest absolute Gasteiger partial charge is 0.494 e. The van der Waals surface area contributed by atoms with Gasteiger partial charge >= 0.3 is 0 Å². The third-order valence-corrected chi connectivity index (χ3v) is 4.14. The number of benzene rings is 3. The van der Waals surface area contributed by atoms with Gasteiger partial charge in [0.05, 0.1) is 29.1 Å². The molecule has 0 bridgehead atoms. The van der Waals surface area contributed by atoms with E-state index in [-0.39, 0.29) is 5.69 Å². The van der Waals surface area contributed by atoms with Crippen LogP contribution in [0.15, 0.2) is 81.1 Å². The second kappa shape index (κ2) is 8.83. The predicted molar refractivity (Wildman–Crippen MR) is 110 cm³/mol. The summed E-state index contributed by atoms with van der Waals surface area (Å²) in [6.07, 6.45) is 0. The predicted octanol–water partition coefficient (Wildman–Crippen LogP) is 7.05. The molecular formula is C21H19N5O3. The van der Waals surface area contributed by atoms with Gasteiger partial charge in [-0.1, -0.05) is 17.7 Å². The summed E-state index contributed by atoms with van der Waals surface area (Å²) in [5.74, 6) is 0.518. The van der Waals surface area contributed by atoms with Gasteiger partial charge in [0.2, 0.25) is 0 Å². The molecule has 0 aliphatic rings. The highest BCUT2D eigenvalue weighted by Crippen LogP contribution is 2.36. The fourth-order valence-electron chi connectivity index (χ4n) is 2.49. The molecule has 0 heterocycles. The first-order valence-corrected chi connectivity index (χ1v) is 8.79. The number of non-ortho nitro benzene ring substituents is 1. The van der Waals surface area contributed by atoms with E-state index in [1.54, 1.807) is 25.3 Å². The Morgan fingerprint density at radius 2 is 1.34 bits per heavy atom. The van der Waals surface area contributed by atoms with Crippen molar-refractivity contribution >= 4 is 28.4 Å². The first-order valence-electron chi connectivity index (χ1n) is 8.79. The summed E-state index contributed by atoms with van der Waals surface area (Å²) in [6.45, 7) is 3.89. The Bertz CT molecular complexity index is 1070. The maximum atomic E-state index is 10.7. The summed E-state index contributed by atoms with van der Waals surface area (Å²) >= 11 is 0. The molecule has 0 aliphatic heterocycles. The lowest BCUT2D eigenvalue weighted by Gasteiger charge is -2.07. The first kappa shape index (κ1) is 19.8. The van der Waals surface area contributed by atoms with Crippen LogP contribution < -0.4 is 4.74 Å². The normalized spacial score (nSPS) is 11.3. The second-order valence-electron chi connectivity index (χ2n) is 6.32. The Hall–Kier alpha value is -3.94. The smallest absolute Gasteiger partial charge is 0.269 e. The number of methoxy groups -OCH3 is 1. The number of hydrogen-bond acceptors (Lipinski definition) is 7. The van der Waals surface area contributed by atoms with Crippen molar-refractivity contribution in [3.8, 4) is 5.75 Å². The molecule has 0 radical (unpaired) electrons. The summed E-state index contributed by atoms with van der Waals surface area (Å²) in [7, 11) is 1.55. The second-order valence-corrected chi connectivity index (χ2v) is 6.32. The molecule has 8 nitrogen and oxygen atoms in total. The van der Waals surface area contributed by atoms with E-state index in [9.17, 15) is 10.1 Å². The fourth-order valence-corrected chi connectivity index (χ4v) is 2.49. The van der Waals surface area contributed by atoms with E-state index in [1.165, 1.54) is 12.1 Å². The van der Waals surface area contributed by atoms with Crippen LogP contribution in [0.4, 0.5) is 28.4 Å². The van der Waals surface area contributed by atoms with Crippen LogP contribution in [-0.4, -0.2) is 12.0 Å². The minimum Gasteiger partial charge on any atom is -0.494 e. The maximum Gasteiger partial charge on any atom is 0.269 e. The van der Waals surface area contributed by atoms with Gasteiger partial charge in [-0.3, -0.25) is 10.1 Å².